The third kappa shape index (κ3) is 2.98. The molecular formula is C17H21ClN2O2. The van der Waals surface area contributed by atoms with E-state index in [4.69, 9.17) is 11.6 Å². The van der Waals surface area contributed by atoms with Crippen molar-refractivity contribution in [1.82, 2.24) is 10.2 Å². The van der Waals surface area contributed by atoms with Crippen LogP contribution in [0.25, 0.3) is 0 Å². The first-order valence-corrected chi connectivity index (χ1v) is 8.27. The minimum Gasteiger partial charge on any atom is -0.357 e. The Morgan fingerprint density at radius 2 is 1.95 bits per heavy atom. The summed E-state index contributed by atoms with van der Waals surface area (Å²) in [5, 5.41) is 3.39. The van der Waals surface area contributed by atoms with Crippen LogP contribution in [0.4, 0.5) is 0 Å². The zero-order valence-electron chi connectivity index (χ0n) is 12.7. The van der Waals surface area contributed by atoms with Crippen LogP contribution in [0.1, 0.15) is 37.2 Å². The second-order valence-electron chi connectivity index (χ2n) is 6.16. The molecule has 3 atom stereocenters. The van der Waals surface area contributed by atoms with E-state index < -0.39 is 0 Å². The van der Waals surface area contributed by atoms with Crippen LogP contribution in [0.5, 0.6) is 0 Å². The van der Waals surface area contributed by atoms with Gasteiger partial charge in [0.25, 0.3) is 0 Å². The molecule has 3 rings (SSSR count). The van der Waals surface area contributed by atoms with Crippen LogP contribution >= 0.6 is 11.6 Å². The highest BCUT2D eigenvalue weighted by molar-refractivity contribution is 6.30. The molecule has 1 saturated heterocycles. The fourth-order valence-corrected chi connectivity index (χ4v) is 3.52. The van der Waals surface area contributed by atoms with Gasteiger partial charge in [-0.25, -0.2) is 0 Å². The molecule has 5 heteroatoms. The molecule has 2 fully saturated rings. The number of carbonyl (C=O) groups is 2. The maximum absolute atomic E-state index is 12.8. The predicted octanol–water partition coefficient (Wildman–Crippen LogP) is 2.57. The van der Waals surface area contributed by atoms with E-state index in [2.05, 4.69) is 5.32 Å². The number of carbonyl (C=O) groups excluding carboxylic acids is 2. The van der Waals surface area contributed by atoms with Gasteiger partial charge in [-0.15, -0.1) is 0 Å². The van der Waals surface area contributed by atoms with E-state index in [1.807, 2.05) is 24.3 Å². The average Bonchev–Trinajstić information content (AvgIpc) is 3.34. The summed E-state index contributed by atoms with van der Waals surface area (Å²) < 4.78 is 0. The molecule has 0 aromatic heterocycles. The first-order chi connectivity index (χ1) is 10.6. The number of hydrogen-bond donors (Lipinski definition) is 1. The highest BCUT2D eigenvalue weighted by Gasteiger charge is 2.47. The van der Waals surface area contributed by atoms with Crippen molar-refractivity contribution in [2.45, 2.75) is 37.6 Å². The summed E-state index contributed by atoms with van der Waals surface area (Å²) >= 11 is 5.91. The smallest absolute Gasteiger partial charge is 0.242 e. The van der Waals surface area contributed by atoms with Gasteiger partial charge in [-0.05, 0) is 49.3 Å². The number of halogens is 1. The summed E-state index contributed by atoms with van der Waals surface area (Å²) in [6, 6.07) is 7.42. The fraction of sp³-hybridized carbons (Fsp3) is 0.529. The lowest BCUT2D eigenvalue weighted by Crippen LogP contribution is -2.51. The number of nitrogens with zero attached hydrogens (tertiary/aromatic N) is 1. The number of likely N-dealkylation sites (tertiary alicyclic amines) is 1. The Labute approximate surface area is 135 Å². The van der Waals surface area contributed by atoms with Crippen molar-refractivity contribution in [3.8, 4) is 0 Å². The van der Waals surface area contributed by atoms with E-state index in [1.54, 1.807) is 11.9 Å². The number of rotatable bonds is 3. The SMILES string of the molecule is CNC(=O)[C@@H]1CCCCN1C(=O)[C@H]1C[C@@H]1c1ccc(Cl)cc1. The lowest BCUT2D eigenvalue weighted by atomic mass is 10.00. The molecule has 1 aromatic carbocycles. The average molecular weight is 321 g/mol. The van der Waals surface area contributed by atoms with E-state index in [-0.39, 0.29) is 29.7 Å². The number of hydrogen-bond acceptors (Lipinski definition) is 2. The maximum atomic E-state index is 12.8. The molecule has 1 heterocycles. The Morgan fingerprint density at radius 3 is 2.64 bits per heavy atom. The van der Waals surface area contributed by atoms with Gasteiger partial charge in [-0.3, -0.25) is 9.59 Å². The van der Waals surface area contributed by atoms with Crippen molar-refractivity contribution in [3.63, 3.8) is 0 Å². The molecule has 2 aliphatic rings. The van der Waals surface area contributed by atoms with Crippen LogP contribution in [0.2, 0.25) is 5.02 Å². The number of benzene rings is 1. The normalized spacial score (nSPS) is 27.4. The monoisotopic (exact) mass is 320 g/mol. The summed E-state index contributed by atoms with van der Waals surface area (Å²) in [5.41, 5.74) is 1.16. The first-order valence-electron chi connectivity index (χ1n) is 7.89. The summed E-state index contributed by atoms with van der Waals surface area (Å²) in [5.74, 6) is 0.383. The van der Waals surface area contributed by atoms with Gasteiger partial charge >= 0.3 is 0 Å². The molecule has 1 aliphatic heterocycles. The predicted molar refractivity (Wildman–Crippen MR) is 85.7 cm³/mol. The van der Waals surface area contributed by atoms with E-state index in [0.29, 0.717) is 11.6 Å². The molecule has 0 radical (unpaired) electrons. The number of amides is 2. The van der Waals surface area contributed by atoms with Crippen molar-refractivity contribution in [2.75, 3.05) is 13.6 Å². The van der Waals surface area contributed by atoms with E-state index in [1.165, 1.54) is 0 Å². The summed E-state index contributed by atoms with van der Waals surface area (Å²) in [7, 11) is 1.63. The fourth-order valence-electron chi connectivity index (χ4n) is 3.39. The Bertz CT molecular complexity index is 573. The van der Waals surface area contributed by atoms with Gasteiger partial charge in [0.2, 0.25) is 11.8 Å². The summed E-state index contributed by atoms with van der Waals surface area (Å²) in [4.78, 5) is 26.6. The molecule has 0 bridgehead atoms. The van der Waals surface area contributed by atoms with E-state index in [0.717, 1.165) is 31.2 Å². The second-order valence-corrected chi connectivity index (χ2v) is 6.59. The van der Waals surface area contributed by atoms with Gasteiger partial charge in [-0.1, -0.05) is 23.7 Å². The third-order valence-electron chi connectivity index (χ3n) is 4.74. The van der Waals surface area contributed by atoms with E-state index >= 15 is 0 Å². The Balaban J connectivity index is 1.69. The highest BCUT2D eigenvalue weighted by atomic mass is 35.5. The molecular weight excluding hydrogens is 300 g/mol. The molecule has 0 spiro atoms. The quantitative estimate of drug-likeness (QED) is 0.930. The Morgan fingerprint density at radius 1 is 1.23 bits per heavy atom. The first kappa shape index (κ1) is 15.3. The van der Waals surface area contributed by atoms with Crippen LogP contribution < -0.4 is 5.32 Å². The molecule has 1 saturated carbocycles. The van der Waals surface area contributed by atoms with Crippen molar-refractivity contribution < 1.29 is 9.59 Å². The van der Waals surface area contributed by atoms with Crippen LogP contribution in [-0.4, -0.2) is 36.3 Å². The molecule has 2 amide bonds. The standard InChI is InChI=1S/C17H21ClN2O2/c1-19-16(21)15-4-2-3-9-20(15)17(22)14-10-13(14)11-5-7-12(18)8-6-11/h5-8,13-15H,2-4,9-10H2,1H3,(H,19,21)/t13-,14+,15+/m1/s1. The van der Waals surface area contributed by atoms with Gasteiger partial charge in [-0.2, -0.15) is 0 Å². The van der Waals surface area contributed by atoms with Crippen LogP contribution in [0.3, 0.4) is 0 Å². The topological polar surface area (TPSA) is 49.4 Å². The maximum Gasteiger partial charge on any atom is 0.242 e. The summed E-state index contributed by atoms with van der Waals surface area (Å²) in [6.45, 7) is 0.695. The molecule has 4 nitrogen and oxygen atoms in total. The lowest BCUT2D eigenvalue weighted by Gasteiger charge is -2.34. The van der Waals surface area contributed by atoms with E-state index in [9.17, 15) is 9.59 Å². The zero-order valence-corrected chi connectivity index (χ0v) is 13.5. The van der Waals surface area contributed by atoms with Gasteiger partial charge in [0.15, 0.2) is 0 Å². The van der Waals surface area contributed by atoms with Crippen molar-refractivity contribution in [1.29, 1.82) is 0 Å². The molecule has 0 unspecified atom stereocenters. The molecule has 1 aromatic rings. The largest absolute Gasteiger partial charge is 0.357 e. The zero-order chi connectivity index (χ0) is 15.7. The van der Waals surface area contributed by atoms with Gasteiger partial charge in [0.1, 0.15) is 6.04 Å². The molecule has 22 heavy (non-hydrogen) atoms. The lowest BCUT2D eigenvalue weighted by molar-refractivity contribution is -0.143. The van der Waals surface area contributed by atoms with Crippen molar-refractivity contribution in [2.24, 2.45) is 5.92 Å². The van der Waals surface area contributed by atoms with Crippen molar-refractivity contribution in [3.05, 3.63) is 34.9 Å². The van der Waals surface area contributed by atoms with Gasteiger partial charge < -0.3 is 10.2 Å². The van der Waals surface area contributed by atoms with Gasteiger partial charge in [0, 0.05) is 24.5 Å². The van der Waals surface area contributed by atoms with Crippen molar-refractivity contribution >= 4 is 23.4 Å². The Hall–Kier alpha value is -1.55. The van der Waals surface area contributed by atoms with Crippen LogP contribution in [0.15, 0.2) is 24.3 Å². The minimum atomic E-state index is -0.294. The van der Waals surface area contributed by atoms with Crippen LogP contribution in [-0.2, 0) is 9.59 Å². The number of likely N-dealkylation sites (N-methyl/N-ethyl adjacent to an activating group) is 1. The third-order valence-corrected chi connectivity index (χ3v) is 4.99. The van der Waals surface area contributed by atoms with Gasteiger partial charge in [0.05, 0.1) is 0 Å². The van der Waals surface area contributed by atoms with Crippen LogP contribution in [0, 0.1) is 5.92 Å². The number of piperidine rings is 1. The molecule has 118 valence electrons. The highest BCUT2D eigenvalue weighted by Crippen LogP contribution is 2.49. The summed E-state index contributed by atoms with van der Waals surface area (Å²) in [6.07, 6.45) is 3.63. The molecule has 1 N–H and O–H groups in total. The minimum absolute atomic E-state index is 0.0198. The Kier molecular flexibility index (Phi) is 4.39. The number of nitrogens with one attached hydrogen (secondary N) is 1. The molecule has 1 aliphatic carbocycles. The second kappa shape index (κ2) is 6.29.